The van der Waals surface area contributed by atoms with Gasteiger partial charge in [0.2, 0.25) is 0 Å². The van der Waals surface area contributed by atoms with Crippen molar-refractivity contribution in [2.45, 2.75) is 66.2 Å². The van der Waals surface area contributed by atoms with Gasteiger partial charge in [0.15, 0.2) is 0 Å². The van der Waals surface area contributed by atoms with E-state index >= 15 is 0 Å². The van der Waals surface area contributed by atoms with E-state index in [0.29, 0.717) is 0 Å². The molecule has 0 amide bonds. The Hall–Kier alpha value is -2.32. The van der Waals surface area contributed by atoms with E-state index < -0.39 is 74.3 Å². The molecule has 0 radical (unpaired) electrons. The van der Waals surface area contributed by atoms with Crippen molar-refractivity contribution < 1.29 is 102 Å². The average Bonchev–Trinajstić information content (AvgIpc) is 2.56. The Bertz CT molecular complexity index is 502. The molecule has 0 aliphatic rings. The molecule has 0 spiro atoms. The van der Waals surface area contributed by atoms with Crippen LogP contribution in [0.4, 0.5) is 0 Å². The molecule has 0 aromatic carbocycles. The minimum absolute atomic E-state index is 0. The van der Waals surface area contributed by atoms with Gasteiger partial charge in [0.05, 0.1) is 0 Å². The summed E-state index contributed by atoms with van der Waals surface area (Å²) in [6, 6.07) is 0. The molecule has 0 aliphatic carbocycles. The maximum absolute atomic E-state index is 9.50. The van der Waals surface area contributed by atoms with Gasteiger partial charge in [0.25, 0.3) is 0 Å². The summed E-state index contributed by atoms with van der Waals surface area (Å²) in [6.07, 6.45) is -2.82. The second-order valence-corrected chi connectivity index (χ2v) is 5.89. The van der Waals surface area contributed by atoms with Crippen molar-refractivity contribution in [2.75, 3.05) is 0 Å². The van der Waals surface area contributed by atoms with Gasteiger partial charge in [-0.3, -0.25) is 11.1 Å². The number of carboxylic acids is 6. The first kappa shape index (κ1) is 49.0. The number of hydrogen-bond acceptors (Lipinski definition) is 12. The standard InChI is InChI=1S/3C4H6O4.2C4H7.2Mo/c3*5-3(6)1-2-4(7)8;2*1-4(2)3;;/h3*1-2H2,(H,5,6)(H,7,8);2*1H,2-3H3;;/q;;;2*-1;2*+4/p-6. The van der Waals surface area contributed by atoms with E-state index in [9.17, 15) is 59.4 Å². The van der Waals surface area contributed by atoms with Crippen LogP contribution in [0.1, 0.15) is 66.2 Å². The Morgan fingerprint density at radius 2 is 0.471 bits per heavy atom. The van der Waals surface area contributed by atoms with Gasteiger partial charge in [-0.15, -0.1) is 0 Å². The van der Waals surface area contributed by atoms with E-state index in [1.807, 2.05) is 27.7 Å². The third kappa shape index (κ3) is 152. The Balaban J connectivity index is -0.0000000544. The van der Waals surface area contributed by atoms with E-state index in [0.717, 1.165) is 11.1 Å². The molecule has 0 aromatic rings. The molecule has 0 N–H and O–H groups in total. The van der Waals surface area contributed by atoms with E-state index in [4.69, 9.17) is 13.2 Å². The minimum atomic E-state index is -1.37. The number of carbonyl (C=O) groups excluding carboxylic acids is 6. The SMILES string of the molecule is O=C([O-])CCC(=O)[O-].O=C([O-])CCC(=O)[O-].O=C([O-])CCC(=O)[O-].[CH-]=C(C)C.[CH-]=C(C)C.[Mo+4].[Mo+4]. The number of carboxylic acid groups (broad SMARTS) is 6. The molecule has 0 rings (SSSR count). The summed E-state index contributed by atoms with van der Waals surface area (Å²) in [5.74, 6) is -8.20. The smallest absolute Gasteiger partial charge is 0.550 e. The van der Waals surface area contributed by atoms with Gasteiger partial charge >= 0.3 is 42.1 Å². The number of hydrogen-bond donors (Lipinski definition) is 0. The molecule has 0 unspecified atom stereocenters. The van der Waals surface area contributed by atoms with Crippen LogP contribution in [0.2, 0.25) is 0 Å². The van der Waals surface area contributed by atoms with Crippen molar-refractivity contribution in [3.05, 3.63) is 24.3 Å². The summed E-state index contributed by atoms with van der Waals surface area (Å²) in [7, 11) is 0. The van der Waals surface area contributed by atoms with Crippen LogP contribution in [0.5, 0.6) is 0 Å². The summed E-state index contributed by atoms with van der Waals surface area (Å²) in [6.45, 7) is 17.5. The molecule has 0 fully saturated rings. The van der Waals surface area contributed by atoms with Crippen molar-refractivity contribution in [3.63, 3.8) is 0 Å². The maximum Gasteiger partial charge on any atom is 4.00 e. The predicted molar refractivity (Wildman–Crippen MR) is 96.1 cm³/mol. The van der Waals surface area contributed by atoms with Crippen LogP contribution in [-0.2, 0) is 70.9 Å². The molecular weight excluding hydrogens is 624 g/mol. The monoisotopic (exact) mass is 654 g/mol. The fourth-order valence-corrected chi connectivity index (χ4v) is 0.612. The number of carbonyl (C=O) groups is 6. The summed E-state index contributed by atoms with van der Waals surface area (Å²) >= 11 is 0. The van der Waals surface area contributed by atoms with Crippen LogP contribution >= 0.6 is 0 Å². The molecule has 190 valence electrons. The molecule has 0 bridgehead atoms. The first-order chi connectivity index (χ1) is 14.3. The Morgan fingerprint density at radius 1 is 0.412 bits per heavy atom. The Morgan fingerprint density at radius 3 is 0.500 bits per heavy atom. The van der Waals surface area contributed by atoms with Crippen molar-refractivity contribution in [1.29, 1.82) is 0 Å². The molecule has 12 nitrogen and oxygen atoms in total. The first-order valence-electron chi connectivity index (χ1n) is 8.65. The largest absolute Gasteiger partial charge is 4.00 e. The van der Waals surface area contributed by atoms with Crippen LogP contribution in [-0.4, -0.2) is 35.8 Å². The molecule has 0 aromatic heterocycles. The summed E-state index contributed by atoms with van der Waals surface area (Å²) in [5, 5.41) is 57.0. The van der Waals surface area contributed by atoms with E-state index in [2.05, 4.69) is 0 Å². The average molecular weight is 650 g/mol. The predicted octanol–water partition coefficient (Wildman–Crippen LogP) is -5.43. The molecule has 34 heavy (non-hydrogen) atoms. The Kier molecular flexibility index (Phi) is 50.8. The van der Waals surface area contributed by atoms with Crippen LogP contribution in [0, 0.1) is 13.2 Å². The molecule has 0 saturated carbocycles. The van der Waals surface area contributed by atoms with Crippen LogP contribution in [0.3, 0.4) is 0 Å². The van der Waals surface area contributed by atoms with Gasteiger partial charge < -0.3 is 72.6 Å². The van der Waals surface area contributed by atoms with E-state index in [1.54, 1.807) is 0 Å². The molecule has 0 aliphatic heterocycles. The molecule has 0 atom stereocenters. The van der Waals surface area contributed by atoms with Gasteiger partial charge in [-0.25, -0.2) is 0 Å². The van der Waals surface area contributed by atoms with Gasteiger partial charge in [-0.05, 0) is 38.5 Å². The van der Waals surface area contributed by atoms with Gasteiger partial charge in [0.1, 0.15) is 0 Å². The zero-order chi connectivity index (χ0) is 26.9. The van der Waals surface area contributed by atoms with Gasteiger partial charge in [-0.1, -0.05) is 27.7 Å². The van der Waals surface area contributed by atoms with Crippen molar-refractivity contribution in [2.24, 2.45) is 0 Å². The summed E-state index contributed by atoms with van der Waals surface area (Å²) in [5.41, 5.74) is 1.83. The summed E-state index contributed by atoms with van der Waals surface area (Å²) in [4.78, 5) is 57.0. The first-order valence-corrected chi connectivity index (χ1v) is 8.65. The minimum Gasteiger partial charge on any atom is -0.550 e. The second kappa shape index (κ2) is 35.3. The van der Waals surface area contributed by atoms with Crippen LogP contribution in [0.25, 0.3) is 0 Å². The number of allylic oxidation sites excluding steroid dienone is 2. The quantitative estimate of drug-likeness (QED) is 0.168. The molecule has 14 heteroatoms. The van der Waals surface area contributed by atoms with Crippen molar-refractivity contribution in [3.8, 4) is 0 Å². The normalized spacial score (nSPS) is 7.53. The van der Waals surface area contributed by atoms with Crippen molar-refractivity contribution >= 4 is 35.8 Å². The van der Waals surface area contributed by atoms with Crippen LogP contribution < -0.4 is 30.6 Å². The fourth-order valence-electron chi connectivity index (χ4n) is 0.612. The van der Waals surface area contributed by atoms with Gasteiger partial charge in [-0.2, -0.15) is 0 Å². The topological polar surface area (TPSA) is 241 Å². The molecule has 0 saturated heterocycles. The van der Waals surface area contributed by atoms with Crippen molar-refractivity contribution in [1.82, 2.24) is 0 Å². The summed E-state index contributed by atoms with van der Waals surface area (Å²) < 4.78 is 0. The van der Waals surface area contributed by atoms with Gasteiger partial charge in [0, 0.05) is 35.8 Å². The molecular formula is C20H26Mo2O12. The Labute approximate surface area is 227 Å². The second-order valence-electron chi connectivity index (χ2n) is 5.89. The van der Waals surface area contributed by atoms with E-state index in [-0.39, 0.29) is 42.1 Å². The molecule has 0 heterocycles. The van der Waals surface area contributed by atoms with E-state index in [1.165, 1.54) is 0 Å². The third-order valence-corrected chi connectivity index (χ3v) is 1.60. The third-order valence-electron chi connectivity index (χ3n) is 1.60. The van der Waals surface area contributed by atoms with Crippen LogP contribution in [0.15, 0.2) is 11.1 Å². The maximum atomic E-state index is 9.50. The number of aliphatic carboxylic acids is 6. The number of rotatable bonds is 9. The fraction of sp³-hybridized carbons (Fsp3) is 0.500. The zero-order valence-corrected chi connectivity index (χ0v) is 23.1. The zero-order valence-electron chi connectivity index (χ0n) is 19.1.